The van der Waals surface area contributed by atoms with E-state index in [2.05, 4.69) is 25.5 Å². The smallest absolute Gasteiger partial charge is 0.209 e. The zero-order valence-electron chi connectivity index (χ0n) is 9.64. The van der Waals surface area contributed by atoms with E-state index < -0.39 is 0 Å². The fourth-order valence-electron chi connectivity index (χ4n) is 2.07. The molecule has 1 aliphatic heterocycles. The zero-order valence-corrected chi connectivity index (χ0v) is 9.64. The van der Waals surface area contributed by atoms with Crippen molar-refractivity contribution in [1.29, 1.82) is 0 Å². The van der Waals surface area contributed by atoms with E-state index >= 15 is 0 Å². The summed E-state index contributed by atoms with van der Waals surface area (Å²) >= 11 is 0. The van der Waals surface area contributed by atoms with Crippen LogP contribution in [0.2, 0.25) is 0 Å². The molecule has 1 aliphatic rings. The largest absolute Gasteiger partial charge is 0.378 e. The van der Waals surface area contributed by atoms with Crippen molar-refractivity contribution >= 4 is 5.69 Å². The first-order chi connectivity index (χ1) is 8.86. The van der Waals surface area contributed by atoms with Crippen LogP contribution in [-0.2, 0) is 4.74 Å². The summed E-state index contributed by atoms with van der Waals surface area (Å²) < 4.78 is 19.3. The standard InChI is InChI=1S/C11H12FN5O/c12-8-2-1-3-9(17-4-6-18-7-5-17)10(8)11-13-15-16-14-11/h1-3H,4-7H2,(H,13,14,15,16). The predicted molar refractivity (Wildman–Crippen MR) is 62.6 cm³/mol. The number of hydrogen-bond acceptors (Lipinski definition) is 5. The maximum absolute atomic E-state index is 14.0. The molecule has 1 aromatic carbocycles. The average molecular weight is 249 g/mol. The van der Waals surface area contributed by atoms with Gasteiger partial charge in [0.15, 0.2) is 0 Å². The van der Waals surface area contributed by atoms with E-state index in [1.165, 1.54) is 6.07 Å². The van der Waals surface area contributed by atoms with Gasteiger partial charge in [-0.05, 0) is 17.3 Å². The highest BCUT2D eigenvalue weighted by molar-refractivity contribution is 5.74. The maximum Gasteiger partial charge on any atom is 0.209 e. The second-order valence-electron chi connectivity index (χ2n) is 3.97. The molecule has 0 atom stereocenters. The molecule has 0 saturated carbocycles. The van der Waals surface area contributed by atoms with Crippen LogP contribution in [0.4, 0.5) is 10.1 Å². The monoisotopic (exact) mass is 249 g/mol. The van der Waals surface area contributed by atoms with Gasteiger partial charge in [-0.2, -0.15) is 5.21 Å². The van der Waals surface area contributed by atoms with Crippen molar-refractivity contribution in [3.8, 4) is 11.4 Å². The van der Waals surface area contributed by atoms with Crippen molar-refractivity contribution in [2.45, 2.75) is 0 Å². The van der Waals surface area contributed by atoms with E-state index in [1.807, 2.05) is 6.07 Å². The average Bonchev–Trinajstić information content (AvgIpc) is 2.93. The lowest BCUT2D eigenvalue weighted by Crippen LogP contribution is -2.36. The first-order valence-electron chi connectivity index (χ1n) is 5.71. The van der Waals surface area contributed by atoms with E-state index in [0.717, 1.165) is 18.8 Å². The number of nitrogens with zero attached hydrogens (tertiary/aromatic N) is 4. The minimum atomic E-state index is -0.347. The molecule has 0 aliphatic carbocycles. The third-order valence-electron chi connectivity index (χ3n) is 2.91. The van der Waals surface area contributed by atoms with Crippen LogP contribution in [0, 0.1) is 5.82 Å². The van der Waals surface area contributed by atoms with E-state index in [1.54, 1.807) is 6.07 Å². The lowest BCUT2D eigenvalue weighted by molar-refractivity contribution is 0.122. The van der Waals surface area contributed by atoms with Crippen LogP contribution in [0.1, 0.15) is 0 Å². The first-order valence-corrected chi connectivity index (χ1v) is 5.71. The number of nitrogens with one attached hydrogen (secondary N) is 1. The second-order valence-corrected chi connectivity index (χ2v) is 3.97. The Bertz CT molecular complexity index is 524. The van der Waals surface area contributed by atoms with Gasteiger partial charge in [0, 0.05) is 13.1 Å². The van der Waals surface area contributed by atoms with Gasteiger partial charge in [-0.3, -0.25) is 0 Å². The topological polar surface area (TPSA) is 66.9 Å². The minimum Gasteiger partial charge on any atom is -0.378 e. The molecule has 6 nitrogen and oxygen atoms in total. The lowest BCUT2D eigenvalue weighted by Gasteiger charge is -2.30. The summed E-state index contributed by atoms with van der Waals surface area (Å²) in [5.41, 5.74) is 1.16. The summed E-state index contributed by atoms with van der Waals surface area (Å²) in [6.07, 6.45) is 0. The van der Waals surface area contributed by atoms with Gasteiger partial charge >= 0.3 is 0 Å². The Morgan fingerprint density at radius 1 is 1.28 bits per heavy atom. The van der Waals surface area contributed by atoms with Crippen molar-refractivity contribution in [1.82, 2.24) is 20.6 Å². The quantitative estimate of drug-likeness (QED) is 0.854. The molecule has 1 N–H and O–H groups in total. The molecule has 3 rings (SSSR count). The molecule has 1 aromatic heterocycles. The Hall–Kier alpha value is -2.02. The Kier molecular flexibility index (Phi) is 2.89. The van der Waals surface area contributed by atoms with Crippen molar-refractivity contribution in [2.75, 3.05) is 31.2 Å². The van der Waals surface area contributed by atoms with Gasteiger partial charge in [0.2, 0.25) is 5.82 Å². The van der Waals surface area contributed by atoms with E-state index in [-0.39, 0.29) is 11.6 Å². The van der Waals surface area contributed by atoms with E-state index in [0.29, 0.717) is 18.8 Å². The fraction of sp³-hybridized carbons (Fsp3) is 0.364. The van der Waals surface area contributed by atoms with Crippen LogP contribution in [0.25, 0.3) is 11.4 Å². The number of ether oxygens (including phenoxy) is 1. The number of morpholine rings is 1. The molecule has 0 radical (unpaired) electrons. The summed E-state index contributed by atoms with van der Waals surface area (Å²) in [4.78, 5) is 2.07. The molecule has 0 bridgehead atoms. The van der Waals surface area contributed by atoms with Crippen LogP contribution in [-0.4, -0.2) is 46.9 Å². The predicted octanol–water partition coefficient (Wildman–Crippen LogP) is 0.842. The van der Waals surface area contributed by atoms with Crippen LogP contribution in [0.5, 0.6) is 0 Å². The minimum absolute atomic E-state index is 0.273. The molecule has 94 valence electrons. The van der Waals surface area contributed by atoms with Crippen LogP contribution < -0.4 is 4.90 Å². The zero-order chi connectivity index (χ0) is 12.4. The van der Waals surface area contributed by atoms with Gasteiger partial charge in [-0.1, -0.05) is 6.07 Å². The third kappa shape index (κ3) is 1.92. The number of aromatic nitrogens is 4. The van der Waals surface area contributed by atoms with Crippen molar-refractivity contribution in [3.63, 3.8) is 0 Å². The third-order valence-corrected chi connectivity index (χ3v) is 2.91. The molecule has 2 heterocycles. The highest BCUT2D eigenvalue weighted by atomic mass is 19.1. The van der Waals surface area contributed by atoms with Crippen LogP contribution in [0.3, 0.4) is 0 Å². The van der Waals surface area contributed by atoms with Gasteiger partial charge < -0.3 is 9.64 Å². The van der Waals surface area contributed by atoms with Crippen molar-refractivity contribution in [3.05, 3.63) is 24.0 Å². The first kappa shape index (κ1) is 11.1. The maximum atomic E-state index is 14.0. The van der Waals surface area contributed by atoms with Gasteiger partial charge in [0.25, 0.3) is 0 Å². The Morgan fingerprint density at radius 3 is 2.83 bits per heavy atom. The second kappa shape index (κ2) is 4.69. The number of aromatic amines is 1. The Labute approximate surface area is 103 Å². The molecular weight excluding hydrogens is 237 g/mol. The molecule has 0 unspecified atom stereocenters. The Morgan fingerprint density at radius 2 is 2.11 bits per heavy atom. The fourth-order valence-corrected chi connectivity index (χ4v) is 2.07. The molecule has 1 saturated heterocycles. The summed E-state index contributed by atoms with van der Waals surface area (Å²) in [6.45, 7) is 2.74. The molecule has 0 spiro atoms. The normalized spacial score (nSPS) is 15.9. The molecule has 1 fully saturated rings. The van der Waals surface area contributed by atoms with Gasteiger partial charge in [-0.15, -0.1) is 10.2 Å². The summed E-state index contributed by atoms with van der Waals surface area (Å²) in [5, 5.41) is 13.5. The number of halogens is 1. The van der Waals surface area contributed by atoms with Crippen LogP contribution in [0.15, 0.2) is 18.2 Å². The molecule has 2 aromatic rings. The number of rotatable bonds is 2. The number of benzene rings is 1. The number of anilines is 1. The van der Waals surface area contributed by atoms with Gasteiger partial charge in [0.05, 0.1) is 24.5 Å². The SMILES string of the molecule is Fc1cccc(N2CCOCC2)c1-c1nn[nH]n1. The summed E-state index contributed by atoms with van der Waals surface area (Å²) in [5.74, 6) is -0.0741. The van der Waals surface area contributed by atoms with Crippen molar-refractivity contribution < 1.29 is 9.13 Å². The van der Waals surface area contributed by atoms with Gasteiger partial charge in [-0.25, -0.2) is 4.39 Å². The van der Waals surface area contributed by atoms with Gasteiger partial charge in [0.1, 0.15) is 5.82 Å². The molecule has 18 heavy (non-hydrogen) atoms. The molecule has 7 heteroatoms. The highest BCUT2D eigenvalue weighted by Gasteiger charge is 2.20. The number of H-pyrrole nitrogens is 1. The Balaban J connectivity index is 2.05. The number of tetrazole rings is 1. The highest BCUT2D eigenvalue weighted by Crippen LogP contribution is 2.31. The lowest BCUT2D eigenvalue weighted by atomic mass is 10.1. The molecular formula is C11H12FN5O. The van der Waals surface area contributed by atoms with E-state index in [4.69, 9.17) is 4.74 Å². The molecule has 0 amide bonds. The van der Waals surface area contributed by atoms with Crippen molar-refractivity contribution in [2.24, 2.45) is 0 Å². The van der Waals surface area contributed by atoms with Crippen LogP contribution >= 0.6 is 0 Å². The summed E-state index contributed by atoms with van der Waals surface area (Å²) in [6, 6.07) is 4.94. The number of hydrogen-bond donors (Lipinski definition) is 1. The van der Waals surface area contributed by atoms with E-state index in [9.17, 15) is 4.39 Å². The summed E-state index contributed by atoms with van der Waals surface area (Å²) in [7, 11) is 0.